The SMILES string of the molecule is CC(C)[C@H](N)C(=O)OC(=O)CO.Cl. The van der Waals surface area contributed by atoms with Crippen LogP contribution in [0.15, 0.2) is 0 Å². The first-order chi connectivity index (χ1) is 5.49. The summed E-state index contributed by atoms with van der Waals surface area (Å²) >= 11 is 0. The molecule has 0 fully saturated rings. The predicted molar refractivity (Wildman–Crippen MR) is 48.2 cm³/mol. The molecule has 0 aliphatic rings. The Hall–Kier alpha value is -0.650. The average molecular weight is 212 g/mol. The van der Waals surface area contributed by atoms with Crippen molar-refractivity contribution in [1.29, 1.82) is 0 Å². The van der Waals surface area contributed by atoms with Crippen molar-refractivity contribution in [3.8, 4) is 0 Å². The third-order valence-electron chi connectivity index (χ3n) is 1.33. The van der Waals surface area contributed by atoms with Crippen LogP contribution in [-0.4, -0.2) is 29.7 Å². The number of nitrogens with two attached hydrogens (primary N) is 1. The van der Waals surface area contributed by atoms with E-state index in [1.807, 2.05) is 0 Å². The van der Waals surface area contributed by atoms with Crippen LogP contribution in [0, 0.1) is 5.92 Å². The fraction of sp³-hybridized carbons (Fsp3) is 0.714. The normalized spacial score (nSPS) is 11.8. The van der Waals surface area contributed by atoms with E-state index in [2.05, 4.69) is 4.74 Å². The molecule has 1 atom stereocenters. The van der Waals surface area contributed by atoms with Crippen molar-refractivity contribution >= 4 is 24.3 Å². The van der Waals surface area contributed by atoms with Crippen LogP contribution in [0.25, 0.3) is 0 Å². The van der Waals surface area contributed by atoms with Crippen LogP contribution in [0.3, 0.4) is 0 Å². The molecule has 0 aromatic heterocycles. The van der Waals surface area contributed by atoms with Gasteiger partial charge in [0.05, 0.1) is 0 Å². The molecule has 78 valence electrons. The predicted octanol–water partition coefficient (Wildman–Crippen LogP) is -0.546. The summed E-state index contributed by atoms with van der Waals surface area (Å²) in [5.41, 5.74) is 5.35. The van der Waals surface area contributed by atoms with Crippen molar-refractivity contribution in [2.75, 3.05) is 6.61 Å². The zero-order valence-corrected chi connectivity index (χ0v) is 8.34. The van der Waals surface area contributed by atoms with Crippen LogP contribution in [-0.2, 0) is 14.3 Å². The first-order valence-corrected chi connectivity index (χ1v) is 3.60. The lowest BCUT2D eigenvalue weighted by atomic mass is 10.1. The van der Waals surface area contributed by atoms with Gasteiger partial charge in [0.25, 0.3) is 0 Å². The summed E-state index contributed by atoms with van der Waals surface area (Å²) in [5, 5.41) is 8.24. The van der Waals surface area contributed by atoms with E-state index in [9.17, 15) is 9.59 Å². The first-order valence-electron chi connectivity index (χ1n) is 3.60. The van der Waals surface area contributed by atoms with Crippen molar-refractivity contribution in [2.45, 2.75) is 19.9 Å². The third-order valence-corrected chi connectivity index (χ3v) is 1.33. The van der Waals surface area contributed by atoms with Crippen LogP contribution in [0.1, 0.15) is 13.8 Å². The number of halogens is 1. The molecule has 0 bridgehead atoms. The summed E-state index contributed by atoms with van der Waals surface area (Å²) < 4.78 is 4.17. The molecule has 13 heavy (non-hydrogen) atoms. The fourth-order valence-electron chi connectivity index (χ4n) is 0.485. The lowest BCUT2D eigenvalue weighted by molar-refractivity contribution is -0.163. The van der Waals surface area contributed by atoms with Gasteiger partial charge in [-0.05, 0) is 5.92 Å². The highest BCUT2D eigenvalue weighted by molar-refractivity contribution is 5.88. The Bertz CT molecular complexity index is 183. The van der Waals surface area contributed by atoms with Crippen LogP contribution in [0.5, 0.6) is 0 Å². The molecule has 0 aromatic rings. The van der Waals surface area contributed by atoms with Gasteiger partial charge in [0.2, 0.25) is 0 Å². The molecule has 0 aliphatic carbocycles. The quantitative estimate of drug-likeness (QED) is 0.483. The summed E-state index contributed by atoms with van der Waals surface area (Å²) in [5.74, 6) is -1.87. The number of aliphatic hydroxyl groups is 1. The molecular weight excluding hydrogens is 198 g/mol. The van der Waals surface area contributed by atoms with E-state index in [0.717, 1.165) is 0 Å². The second-order valence-electron chi connectivity index (χ2n) is 2.72. The minimum Gasteiger partial charge on any atom is -0.390 e. The van der Waals surface area contributed by atoms with E-state index in [-0.39, 0.29) is 18.3 Å². The number of aliphatic hydroxyl groups excluding tert-OH is 1. The largest absolute Gasteiger partial charge is 0.390 e. The Morgan fingerprint density at radius 3 is 2.23 bits per heavy atom. The maximum absolute atomic E-state index is 10.9. The molecule has 0 spiro atoms. The van der Waals surface area contributed by atoms with E-state index in [0.29, 0.717) is 0 Å². The average Bonchev–Trinajstić information content (AvgIpc) is 2.02. The summed E-state index contributed by atoms with van der Waals surface area (Å²) in [4.78, 5) is 21.3. The maximum Gasteiger partial charge on any atom is 0.339 e. The molecule has 0 unspecified atom stereocenters. The second-order valence-corrected chi connectivity index (χ2v) is 2.72. The van der Waals surface area contributed by atoms with Gasteiger partial charge in [-0.2, -0.15) is 0 Å². The van der Waals surface area contributed by atoms with Gasteiger partial charge in [-0.25, -0.2) is 9.59 Å². The maximum atomic E-state index is 10.9. The van der Waals surface area contributed by atoms with E-state index < -0.39 is 24.6 Å². The summed E-state index contributed by atoms with van der Waals surface area (Å²) in [7, 11) is 0. The molecule has 0 rings (SSSR count). The highest BCUT2D eigenvalue weighted by Gasteiger charge is 2.20. The van der Waals surface area contributed by atoms with Crippen LogP contribution in [0.2, 0.25) is 0 Å². The lowest BCUT2D eigenvalue weighted by Gasteiger charge is -2.12. The molecule has 5 nitrogen and oxygen atoms in total. The minimum atomic E-state index is -0.976. The van der Waals surface area contributed by atoms with E-state index in [1.54, 1.807) is 13.8 Å². The van der Waals surface area contributed by atoms with Gasteiger partial charge in [0, 0.05) is 0 Å². The zero-order chi connectivity index (χ0) is 9.72. The van der Waals surface area contributed by atoms with Crippen molar-refractivity contribution in [1.82, 2.24) is 0 Å². The fourth-order valence-corrected chi connectivity index (χ4v) is 0.485. The number of rotatable bonds is 3. The smallest absolute Gasteiger partial charge is 0.339 e. The van der Waals surface area contributed by atoms with Crippen molar-refractivity contribution < 1.29 is 19.4 Å². The Kier molecular flexibility index (Phi) is 7.79. The number of hydrogen-bond acceptors (Lipinski definition) is 5. The van der Waals surface area contributed by atoms with Crippen molar-refractivity contribution in [3.05, 3.63) is 0 Å². The van der Waals surface area contributed by atoms with Crippen molar-refractivity contribution in [2.24, 2.45) is 11.7 Å². The molecule has 0 saturated carbocycles. The number of carbonyl (C=O) groups is 2. The van der Waals surface area contributed by atoms with Gasteiger partial charge >= 0.3 is 11.9 Å². The first kappa shape index (κ1) is 14.9. The number of carbonyl (C=O) groups excluding carboxylic acids is 2. The molecule has 0 amide bonds. The Morgan fingerprint density at radius 1 is 1.46 bits per heavy atom. The number of ether oxygens (including phenoxy) is 1. The van der Waals surface area contributed by atoms with Gasteiger partial charge in [0.15, 0.2) is 0 Å². The van der Waals surface area contributed by atoms with E-state index >= 15 is 0 Å². The molecule has 3 N–H and O–H groups in total. The summed E-state index contributed by atoms with van der Waals surface area (Å²) in [6, 6.07) is -0.819. The monoisotopic (exact) mass is 211 g/mol. The standard InChI is InChI=1S/C7H13NO4.ClH/c1-4(2)6(8)7(11)12-5(10)3-9;/h4,6,9H,3,8H2,1-2H3;1H/t6-;/m0./s1. The molecular formula is C7H14ClNO4. The molecule has 0 heterocycles. The Morgan fingerprint density at radius 2 is 1.92 bits per heavy atom. The lowest BCUT2D eigenvalue weighted by Crippen LogP contribution is -2.38. The summed E-state index contributed by atoms with van der Waals surface area (Å²) in [6.45, 7) is 2.65. The molecule has 0 saturated heterocycles. The van der Waals surface area contributed by atoms with Crippen LogP contribution in [0.4, 0.5) is 0 Å². The van der Waals surface area contributed by atoms with Gasteiger partial charge in [-0.15, -0.1) is 12.4 Å². The molecule has 0 aromatic carbocycles. The topological polar surface area (TPSA) is 89.6 Å². The summed E-state index contributed by atoms with van der Waals surface area (Å²) in [6.07, 6.45) is 0. The van der Waals surface area contributed by atoms with Crippen LogP contribution >= 0.6 is 12.4 Å². The van der Waals surface area contributed by atoms with Gasteiger partial charge in [0.1, 0.15) is 12.6 Å². The van der Waals surface area contributed by atoms with Gasteiger partial charge in [-0.1, -0.05) is 13.8 Å². The van der Waals surface area contributed by atoms with E-state index in [4.69, 9.17) is 10.8 Å². The zero-order valence-electron chi connectivity index (χ0n) is 7.52. The second kappa shape index (κ2) is 6.82. The van der Waals surface area contributed by atoms with Gasteiger partial charge in [-0.3, -0.25) is 0 Å². The highest BCUT2D eigenvalue weighted by atomic mass is 35.5. The van der Waals surface area contributed by atoms with E-state index in [1.165, 1.54) is 0 Å². The highest BCUT2D eigenvalue weighted by Crippen LogP contribution is 2.00. The number of hydrogen-bond donors (Lipinski definition) is 2. The van der Waals surface area contributed by atoms with Gasteiger partial charge < -0.3 is 15.6 Å². The van der Waals surface area contributed by atoms with Crippen molar-refractivity contribution in [3.63, 3.8) is 0 Å². The van der Waals surface area contributed by atoms with Crippen LogP contribution < -0.4 is 5.73 Å². The number of esters is 2. The molecule has 0 radical (unpaired) electrons. The minimum absolute atomic E-state index is 0. The molecule has 6 heteroatoms. The Balaban J connectivity index is 0. The molecule has 0 aliphatic heterocycles. The Labute approximate surface area is 82.7 Å². The third kappa shape index (κ3) is 5.57.